The number of allylic oxidation sites excluding steroid dienone is 4. The highest BCUT2D eigenvalue weighted by molar-refractivity contribution is 6.32. The van der Waals surface area contributed by atoms with E-state index < -0.39 is 5.92 Å². The minimum atomic E-state index is -0.460. The highest BCUT2D eigenvalue weighted by Crippen LogP contribution is 2.51. The Balaban J connectivity index is 1.40. The van der Waals surface area contributed by atoms with Crippen LogP contribution in [-0.2, 0) is 22.6 Å². The van der Waals surface area contributed by atoms with Gasteiger partial charge in [0.2, 0.25) is 0 Å². The molecule has 0 saturated carbocycles. The van der Waals surface area contributed by atoms with Crippen molar-refractivity contribution in [3.05, 3.63) is 116 Å². The molecular formula is C37H38ClNO4. The van der Waals surface area contributed by atoms with Crippen molar-refractivity contribution < 1.29 is 19.1 Å². The first-order chi connectivity index (χ1) is 20.8. The molecule has 6 rings (SSSR count). The van der Waals surface area contributed by atoms with E-state index in [2.05, 4.69) is 61.2 Å². The van der Waals surface area contributed by atoms with Crippen LogP contribution >= 0.6 is 11.6 Å². The van der Waals surface area contributed by atoms with Crippen molar-refractivity contribution in [3.63, 3.8) is 0 Å². The summed E-state index contributed by atoms with van der Waals surface area (Å²) >= 11 is 6.91. The van der Waals surface area contributed by atoms with Crippen LogP contribution in [0.4, 0.5) is 0 Å². The molecule has 1 heterocycles. The van der Waals surface area contributed by atoms with Crippen LogP contribution in [0.3, 0.4) is 0 Å². The van der Waals surface area contributed by atoms with Gasteiger partial charge in [-0.25, -0.2) is 0 Å². The van der Waals surface area contributed by atoms with E-state index in [4.69, 9.17) is 21.1 Å². The Morgan fingerprint density at radius 2 is 1.44 bits per heavy atom. The molecule has 0 spiro atoms. The van der Waals surface area contributed by atoms with Crippen LogP contribution in [0.5, 0.6) is 11.5 Å². The summed E-state index contributed by atoms with van der Waals surface area (Å²) in [5.41, 5.74) is 9.05. The molecule has 0 aromatic heterocycles. The summed E-state index contributed by atoms with van der Waals surface area (Å²) in [5, 5.41) is 0.404. The molecule has 0 atom stereocenters. The van der Waals surface area contributed by atoms with Gasteiger partial charge in [0.15, 0.2) is 23.1 Å². The van der Waals surface area contributed by atoms with E-state index in [-0.39, 0.29) is 11.6 Å². The Hall–Kier alpha value is -3.83. The third kappa shape index (κ3) is 5.88. The predicted octanol–water partition coefficient (Wildman–Crippen LogP) is 8.20. The first kappa shape index (κ1) is 29.3. The third-order valence-electron chi connectivity index (χ3n) is 8.80. The number of aryl methyl sites for hydroxylation is 2. The molecule has 0 unspecified atom stereocenters. The van der Waals surface area contributed by atoms with Crippen LogP contribution in [0.25, 0.3) is 0 Å². The van der Waals surface area contributed by atoms with E-state index in [0.717, 1.165) is 72.3 Å². The number of benzene rings is 3. The van der Waals surface area contributed by atoms with Gasteiger partial charge in [-0.05, 0) is 74.8 Å². The lowest BCUT2D eigenvalue weighted by molar-refractivity contribution is -0.117. The number of hydrogen-bond donors (Lipinski definition) is 0. The SMILES string of the molecule is COc1cc(C2C3=C(CCCC3=O)N(CCc3ccccc3)C3=C2C(=O)CCC3)cc(Cl)c1OCc1cc(C)cc(C)c1. The summed E-state index contributed by atoms with van der Waals surface area (Å²) in [6, 6.07) is 20.5. The van der Waals surface area contributed by atoms with Crippen molar-refractivity contribution in [2.24, 2.45) is 0 Å². The number of carbonyl (C=O) groups excluding carboxylic acids is 2. The minimum Gasteiger partial charge on any atom is -0.493 e. The largest absolute Gasteiger partial charge is 0.493 e. The molecule has 3 aromatic carbocycles. The van der Waals surface area contributed by atoms with Crippen LogP contribution in [0, 0.1) is 13.8 Å². The highest BCUT2D eigenvalue weighted by atomic mass is 35.5. The Labute approximate surface area is 259 Å². The van der Waals surface area contributed by atoms with Crippen LogP contribution in [-0.4, -0.2) is 30.1 Å². The van der Waals surface area contributed by atoms with E-state index >= 15 is 0 Å². The van der Waals surface area contributed by atoms with E-state index in [1.54, 1.807) is 7.11 Å². The van der Waals surface area contributed by atoms with Gasteiger partial charge in [-0.1, -0.05) is 71.3 Å². The van der Waals surface area contributed by atoms with Gasteiger partial charge in [0.1, 0.15) is 6.61 Å². The smallest absolute Gasteiger partial charge is 0.180 e. The molecule has 2 aliphatic carbocycles. The molecule has 43 heavy (non-hydrogen) atoms. The van der Waals surface area contributed by atoms with Gasteiger partial charge >= 0.3 is 0 Å². The van der Waals surface area contributed by atoms with Crippen LogP contribution < -0.4 is 9.47 Å². The van der Waals surface area contributed by atoms with Gasteiger partial charge in [-0.15, -0.1) is 0 Å². The summed E-state index contributed by atoms with van der Waals surface area (Å²) < 4.78 is 12.0. The molecule has 0 fully saturated rings. The first-order valence-corrected chi connectivity index (χ1v) is 15.6. The monoisotopic (exact) mass is 595 g/mol. The Morgan fingerprint density at radius 1 is 0.814 bits per heavy atom. The fourth-order valence-corrected chi connectivity index (χ4v) is 7.33. The average molecular weight is 596 g/mol. The maximum atomic E-state index is 13.7. The number of hydrogen-bond acceptors (Lipinski definition) is 5. The number of ether oxygens (including phenoxy) is 2. The normalized spacial score (nSPS) is 17.3. The summed E-state index contributed by atoms with van der Waals surface area (Å²) in [7, 11) is 1.60. The van der Waals surface area contributed by atoms with Gasteiger partial charge in [-0.3, -0.25) is 9.59 Å². The lowest BCUT2D eigenvalue weighted by atomic mass is 9.71. The van der Waals surface area contributed by atoms with Gasteiger partial charge in [0.25, 0.3) is 0 Å². The quantitative estimate of drug-likeness (QED) is 0.263. The summed E-state index contributed by atoms with van der Waals surface area (Å²) in [6.45, 7) is 5.22. The van der Waals surface area contributed by atoms with Gasteiger partial charge in [0, 0.05) is 47.8 Å². The number of rotatable bonds is 8. The lowest BCUT2D eigenvalue weighted by Crippen LogP contribution is -2.40. The highest BCUT2D eigenvalue weighted by Gasteiger charge is 2.43. The standard InChI is InChI=1S/C37H38ClNO4/c1-23-17-24(2)19-26(18-23)22-43-37-28(38)20-27(21-33(37)42-3)34-35-29(11-7-13-31(35)40)39(16-15-25-9-5-4-6-10-25)30-12-8-14-32(41)36(30)34/h4-6,9-10,17-21,34H,7-8,11-16,22H2,1-3H3. The van der Waals surface area contributed by atoms with Crippen molar-refractivity contribution in [2.75, 3.05) is 13.7 Å². The maximum Gasteiger partial charge on any atom is 0.180 e. The third-order valence-corrected chi connectivity index (χ3v) is 9.08. The molecule has 1 aliphatic heterocycles. The Kier molecular flexibility index (Phi) is 8.45. The number of methoxy groups -OCH3 is 1. The Bertz CT molecular complexity index is 1570. The second-order valence-electron chi connectivity index (χ2n) is 11.9. The second kappa shape index (κ2) is 12.4. The molecule has 0 saturated heterocycles. The minimum absolute atomic E-state index is 0.117. The molecule has 0 radical (unpaired) electrons. The van der Waals surface area contributed by atoms with E-state index in [0.29, 0.717) is 36.0 Å². The van der Waals surface area contributed by atoms with Crippen molar-refractivity contribution in [2.45, 2.75) is 71.3 Å². The molecule has 3 aromatic rings. The fraction of sp³-hybridized carbons (Fsp3) is 0.351. The zero-order valence-electron chi connectivity index (χ0n) is 25.2. The van der Waals surface area contributed by atoms with Crippen LogP contribution in [0.2, 0.25) is 5.02 Å². The molecule has 222 valence electrons. The molecule has 0 amide bonds. The molecule has 3 aliphatic rings. The fourth-order valence-electron chi connectivity index (χ4n) is 7.06. The molecular weight excluding hydrogens is 558 g/mol. The van der Waals surface area contributed by atoms with Crippen molar-refractivity contribution >= 4 is 23.2 Å². The second-order valence-corrected chi connectivity index (χ2v) is 12.3. The molecule has 0 bridgehead atoms. The van der Waals surface area contributed by atoms with Crippen molar-refractivity contribution in [1.29, 1.82) is 0 Å². The number of ketones is 2. The number of halogens is 1. The maximum absolute atomic E-state index is 13.7. The number of nitrogens with zero attached hydrogens (tertiary/aromatic N) is 1. The van der Waals surface area contributed by atoms with Crippen LogP contribution in [0.1, 0.15) is 72.3 Å². The van der Waals surface area contributed by atoms with Gasteiger partial charge < -0.3 is 14.4 Å². The molecule has 0 N–H and O–H groups in total. The topological polar surface area (TPSA) is 55.8 Å². The van der Waals surface area contributed by atoms with E-state index in [1.807, 2.05) is 18.2 Å². The van der Waals surface area contributed by atoms with Crippen molar-refractivity contribution in [1.82, 2.24) is 4.90 Å². The van der Waals surface area contributed by atoms with E-state index in [9.17, 15) is 9.59 Å². The number of carbonyl (C=O) groups is 2. The van der Waals surface area contributed by atoms with Crippen molar-refractivity contribution in [3.8, 4) is 11.5 Å². The molecule has 5 nitrogen and oxygen atoms in total. The summed E-state index contributed by atoms with van der Waals surface area (Å²) in [4.78, 5) is 29.8. The zero-order valence-corrected chi connectivity index (χ0v) is 25.9. The predicted molar refractivity (Wildman–Crippen MR) is 170 cm³/mol. The summed E-state index contributed by atoms with van der Waals surface area (Å²) in [5.74, 6) is 0.727. The molecule has 6 heteroatoms. The van der Waals surface area contributed by atoms with E-state index in [1.165, 1.54) is 16.7 Å². The van der Waals surface area contributed by atoms with Gasteiger partial charge in [-0.2, -0.15) is 0 Å². The Morgan fingerprint density at radius 3 is 2.05 bits per heavy atom. The average Bonchev–Trinajstić information content (AvgIpc) is 2.99. The van der Waals surface area contributed by atoms with Crippen LogP contribution in [0.15, 0.2) is 83.2 Å². The lowest BCUT2D eigenvalue weighted by Gasteiger charge is -2.44. The van der Waals surface area contributed by atoms with Gasteiger partial charge in [0.05, 0.1) is 12.1 Å². The zero-order chi connectivity index (χ0) is 30.1. The number of Topliss-reactive ketones (excluding diaryl/α,β-unsaturated/α-hetero) is 2. The first-order valence-electron chi connectivity index (χ1n) is 15.3. The summed E-state index contributed by atoms with van der Waals surface area (Å²) in [6.07, 6.45) is 5.09.